The van der Waals surface area contributed by atoms with Gasteiger partial charge in [-0.15, -0.1) is 11.6 Å². The molecule has 1 aliphatic rings. The second-order valence-electron chi connectivity index (χ2n) is 4.98. The van der Waals surface area contributed by atoms with Gasteiger partial charge in [0.2, 0.25) is 0 Å². The molecular weight excluding hydrogens is 200 g/mol. The van der Waals surface area contributed by atoms with Crippen LogP contribution in [0.1, 0.15) is 46.5 Å². The highest BCUT2D eigenvalue weighted by molar-refractivity contribution is 6.20. The molecule has 1 fully saturated rings. The van der Waals surface area contributed by atoms with E-state index >= 15 is 0 Å². The van der Waals surface area contributed by atoms with Crippen molar-refractivity contribution in [3.8, 4) is 0 Å². The summed E-state index contributed by atoms with van der Waals surface area (Å²) in [5, 5.41) is 0.258. The molecule has 1 saturated carbocycles. The Morgan fingerprint density at radius 1 is 1.21 bits per heavy atom. The third-order valence-electron chi connectivity index (χ3n) is 2.40. The lowest BCUT2D eigenvalue weighted by Gasteiger charge is -2.27. The molecule has 0 radical (unpaired) electrons. The van der Waals surface area contributed by atoms with Crippen LogP contribution >= 0.6 is 11.6 Å². The molecule has 0 unspecified atom stereocenters. The van der Waals surface area contributed by atoms with Crippen LogP contribution in [-0.4, -0.2) is 16.9 Å². The van der Waals surface area contributed by atoms with Crippen LogP contribution < -0.4 is 0 Å². The van der Waals surface area contributed by atoms with Crippen molar-refractivity contribution in [3.05, 3.63) is 0 Å². The second-order valence-corrected chi connectivity index (χ2v) is 5.60. The third kappa shape index (κ3) is 3.87. The van der Waals surface area contributed by atoms with Gasteiger partial charge in [0.15, 0.2) is 0 Å². The number of carbonyl (C=O) groups is 1. The van der Waals surface area contributed by atoms with Gasteiger partial charge in [-0.3, -0.25) is 4.79 Å². The Morgan fingerprint density at radius 3 is 2.14 bits per heavy atom. The average Bonchev–Trinajstić information content (AvgIpc) is 2.02. The van der Waals surface area contributed by atoms with Gasteiger partial charge in [-0.2, -0.15) is 0 Å². The average molecular weight is 219 g/mol. The minimum atomic E-state index is -0.366. The Morgan fingerprint density at radius 2 is 1.71 bits per heavy atom. The number of ether oxygens (including phenoxy) is 1. The van der Waals surface area contributed by atoms with Gasteiger partial charge in [-0.1, -0.05) is 0 Å². The summed E-state index contributed by atoms with van der Waals surface area (Å²) in [5.41, 5.74) is -0.366. The lowest BCUT2D eigenvalue weighted by atomic mass is 9.89. The van der Waals surface area contributed by atoms with E-state index in [0.29, 0.717) is 0 Å². The van der Waals surface area contributed by atoms with E-state index in [0.717, 1.165) is 25.7 Å². The zero-order chi connectivity index (χ0) is 10.8. The van der Waals surface area contributed by atoms with Gasteiger partial charge in [-0.25, -0.2) is 0 Å². The molecule has 0 bridgehead atoms. The predicted molar refractivity (Wildman–Crippen MR) is 57.4 cm³/mol. The first-order valence-corrected chi connectivity index (χ1v) is 5.69. The molecule has 0 aliphatic heterocycles. The molecule has 2 nitrogen and oxygen atoms in total. The van der Waals surface area contributed by atoms with Crippen LogP contribution in [0, 0.1) is 5.92 Å². The molecule has 0 aromatic heterocycles. The number of esters is 1. The molecular formula is C11H19ClO2. The summed E-state index contributed by atoms with van der Waals surface area (Å²) in [5.74, 6) is 0.0188. The highest BCUT2D eigenvalue weighted by Gasteiger charge is 2.28. The molecule has 0 amide bonds. The molecule has 1 aliphatic carbocycles. The summed E-state index contributed by atoms with van der Waals surface area (Å²) < 4.78 is 5.33. The molecule has 0 heterocycles. The van der Waals surface area contributed by atoms with Crippen LogP contribution in [0.5, 0.6) is 0 Å². The van der Waals surface area contributed by atoms with E-state index in [1.807, 2.05) is 20.8 Å². The third-order valence-corrected chi connectivity index (χ3v) is 2.83. The summed E-state index contributed by atoms with van der Waals surface area (Å²) in [4.78, 5) is 11.7. The summed E-state index contributed by atoms with van der Waals surface area (Å²) in [6.45, 7) is 5.70. The maximum absolute atomic E-state index is 11.7. The molecule has 3 heteroatoms. The van der Waals surface area contributed by atoms with E-state index < -0.39 is 0 Å². The highest BCUT2D eigenvalue weighted by atomic mass is 35.5. The van der Waals surface area contributed by atoms with E-state index in [9.17, 15) is 4.79 Å². The second kappa shape index (κ2) is 4.52. The van der Waals surface area contributed by atoms with Crippen LogP contribution in [0.4, 0.5) is 0 Å². The lowest BCUT2D eigenvalue weighted by molar-refractivity contribution is -0.161. The van der Waals surface area contributed by atoms with Crippen molar-refractivity contribution in [1.82, 2.24) is 0 Å². The Hall–Kier alpha value is -0.240. The minimum Gasteiger partial charge on any atom is -0.460 e. The maximum atomic E-state index is 11.7. The van der Waals surface area contributed by atoms with E-state index in [4.69, 9.17) is 16.3 Å². The standard InChI is InChI=1S/C11H19ClO2/c1-11(2,3)14-10(13)8-4-6-9(12)7-5-8/h8-9H,4-7H2,1-3H3. The molecule has 0 spiro atoms. The topological polar surface area (TPSA) is 26.3 Å². The van der Waals surface area contributed by atoms with Crippen LogP contribution in [0.3, 0.4) is 0 Å². The largest absolute Gasteiger partial charge is 0.460 e. The summed E-state index contributed by atoms with van der Waals surface area (Å²) in [7, 11) is 0. The van der Waals surface area contributed by atoms with Crippen molar-refractivity contribution in [2.45, 2.75) is 57.4 Å². The van der Waals surface area contributed by atoms with Crippen LogP contribution in [0.2, 0.25) is 0 Å². The van der Waals surface area contributed by atoms with Gasteiger partial charge < -0.3 is 4.74 Å². The zero-order valence-corrected chi connectivity index (χ0v) is 9.93. The minimum absolute atomic E-state index is 0.0546. The van der Waals surface area contributed by atoms with Crippen LogP contribution in [0.15, 0.2) is 0 Å². The van der Waals surface area contributed by atoms with Gasteiger partial charge in [0, 0.05) is 5.38 Å². The number of rotatable bonds is 1. The molecule has 0 aromatic rings. The predicted octanol–water partition coefficient (Wildman–Crippen LogP) is 3.13. The number of halogens is 1. The van der Waals surface area contributed by atoms with Crippen LogP contribution in [-0.2, 0) is 9.53 Å². The molecule has 0 saturated heterocycles. The van der Waals surface area contributed by atoms with Crippen molar-refractivity contribution in [2.24, 2.45) is 5.92 Å². The summed E-state index contributed by atoms with van der Waals surface area (Å²) in [6.07, 6.45) is 3.63. The van der Waals surface area contributed by atoms with E-state index in [1.54, 1.807) is 0 Å². The Kier molecular flexibility index (Phi) is 3.82. The Labute approximate surface area is 91.0 Å². The smallest absolute Gasteiger partial charge is 0.309 e. The quantitative estimate of drug-likeness (QED) is 0.499. The van der Waals surface area contributed by atoms with Crippen molar-refractivity contribution in [1.29, 1.82) is 0 Å². The molecule has 14 heavy (non-hydrogen) atoms. The molecule has 0 aromatic carbocycles. The van der Waals surface area contributed by atoms with Crippen molar-refractivity contribution in [2.75, 3.05) is 0 Å². The SMILES string of the molecule is CC(C)(C)OC(=O)C1CCC(Cl)CC1. The van der Waals surface area contributed by atoms with E-state index in [-0.39, 0.29) is 22.9 Å². The Bertz CT molecular complexity index is 200. The monoisotopic (exact) mass is 218 g/mol. The first kappa shape index (κ1) is 11.8. The van der Waals surface area contributed by atoms with Crippen molar-refractivity contribution >= 4 is 17.6 Å². The molecule has 0 atom stereocenters. The summed E-state index contributed by atoms with van der Waals surface area (Å²) >= 11 is 5.97. The zero-order valence-electron chi connectivity index (χ0n) is 9.18. The fourth-order valence-corrected chi connectivity index (χ4v) is 1.93. The maximum Gasteiger partial charge on any atom is 0.309 e. The summed E-state index contributed by atoms with van der Waals surface area (Å²) in [6, 6.07) is 0. The molecule has 1 rings (SSSR count). The highest BCUT2D eigenvalue weighted by Crippen LogP contribution is 2.29. The van der Waals surface area contributed by atoms with E-state index in [2.05, 4.69) is 0 Å². The first-order chi connectivity index (χ1) is 6.38. The van der Waals surface area contributed by atoms with Gasteiger partial charge in [0.05, 0.1) is 5.92 Å². The van der Waals surface area contributed by atoms with Gasteiger partial charge >= 0.3 is 5.97 Å². The number of hydrogen-bond acceptors (Lipinski definition) is 2. The Balaban J connectivity index is 2.38. The number of carbonyl (C=O) groups excluding carboxylic acids is 1. The normalized spacial score (nSPS) is 28.6. The fourth-order valence-electron chi connectivity index (χ4n) is 1.67. The van der Waals surface area contributed by atoms with Crippen molar-refractivity contribution < 1.29 is 9.53 Å². The van der Waals surface area contributed by atoms with Crippen LogP contribution in [0.25, 0.3) is 0 Å². The van der Waals surface area contributed by atoms with Gasteiger partial charge in [-0.05, 0) is 46.5 Å². The van der Waals surface area contributed by atoms with Crippen molar-refractivity contribution in [3.63, 3.8) is 0 Å². The lowest BCUT2D eigenvalue weighted by Crippen LogP contribution is -2.31. The van der Waals surface area contributed by atoms with Gasteiger partial charge in [0.1, 0.15) is 5.60 Å². The fraction of sp³-hybridized carbons (Fsp3) is 0.909. The number of hydrogen-bond donors (Lipinski definition) is 0. The molecule has 0 N–H and O–H groups in total. The van der Waals surface area contributed by atoms with Gasteiger partial charge in [0.25, 0.3) is 0 Å². The first-order valence-electron chi connectivity index (χ1n) is 5.25. The molecule has 82 valence electrons. The number of alkyl halides is 1. The van der Waals surface area contributed by atoms with E-state index in [1.165, 1.54) is 0 Å².